The van der Waals surface area contributed by atoms with Crippen LogP contribution in [0.15, 0.2) is 223 Å². The molecule has 0 saturated carbocycles. The maximum atomic E-state index is 6.96. The lowest BCUT2D eigenvalue weighted by Crippen LogP contribution is -2.00. The van der Waals surface area contributed by atoms with E-state index in [9.17, 15) is 0 Å². The summed E-state index contributed by atoms with van der Waals surface area (Å²) in [6, 6.07) is 76.3. The molecule has 0 unspecified atom stereocenters. The smallest absolute Gasteiger partial charge is 0.164 e. The molecule has 0 amide bonds. The number of aromatic nitrogens is 4. The Morgan fingerprint density at radius 3 is 1.52 bits per heavy atom. The average molecular weight is 793 g/mol. The highest BCUT2D eigenvalue weighted by atomic mass is 16.3. The number of nitrogens with zero attached hydrogens (tertiary/aromatic N) is 4. The zero-order valence-electron chi connectivity index (χ0n) is 33.5. The molecule has 0 aliphatic carbocycles. The van der Waals surface area contributed by atoms with Gasteiger partial charge in [0, 0.05) is 43.9 Å². The minimum atomic E-state index is 0.585. The van der Waals surface area contributed by atoms with Crippen molar-refractivity contribution >= 4 is 43.7 Å². The summed E-state index contributed by atoms with van der Waals surface area (Å²) in [5, 5.41) is 4.25. The van der Waals surface area contributed by atoms with Gasteiger partial charge in [-0.15, -0.1) is 0 Å². The zero-order valence-corrected chi connectivity index (χ0v) is 33.5. The Morgan fingerprint density at radius 1 is 0.339 bits per heavy atom. The molecule has 0 aliphatic heterocycles. The Hall–Kier alpha value is -8.41. The van der Waals surface area contributed by atoms with Gasteiger partial charge in [-0.1, -0.05) is 182 Å². The van der Waals surface area contributed by atoms with Gasteiger partial charge in [0.25, 0.3) is 0 Å². The van der Waals surface area contributed by atoms with Crippen LogP contribution < -0.4 is 0 Å². The number of hydrogen-bond acceptors (Lipinski definition) is 4. The molecule has 290 valence electrons. The summed E-state index contributed by atoms with van der Waals surface area (Å²) in [7, 11) is 0. The number of hydrogen-bond donors (Lipinski definition) is 0. The number of benzene rings is 9. The summed E-state index contributed by atoms with van der Waals surface area (Å²) in [5.41, 5.74) is 14.5. The molecule has 0 spiro atoms. The third-order valence-corrected chi connectivity index (χ3v) is 11.9. The standard InChI is InChI=1S/C57H36N4O/c1-4-14-37(15-5-1)39-26-28-42(29-27-39)56-58-55(41-18-8-3-9-19-41)59-57(60-56)49-23-13-25-51-52(49)48-35-34-47-46-22-10-11-24-50(46)61(53(47)54(48)62-51)45-32-30-40(31-33-45)44-21-12-20-43(36-44)38-16-6-2-7-17-38/h1-36H. The van der Waals surface area contributed by atoms with Crippen molar-refractivity contribution in [3.8, 4) is 73.2 Å². The molecule has 9 aromatic carbocycles. The van der Waals surface area contributed by atoms with Gasteiger partial charge in [0.2, 0.25) is 0 Å². The van der Waals surface area contributed by atoms with Gasteiger partial charge in [0.1, 0.15) is 5.58 Å². The summed E-state index contributed by atoms with van der Waals surface area (Å²) in [4.78, 5) is 15.4. The van der Waals surface area contributed by atoms with Crippen molar-refractivity contribution < 1.29 is 4.42 Å². The molecule has 0 radical (unpaired) electrons. The van der Waals surface area contributed by atoms with E-state index in [1.165, 1.54) is 16.7 Å². The molecule has 62 heavy (non-hydrogen) atoms. The van der Waals surface area contributed by atoms with Crippen LogP contribution in [0.25, 0.3) is 117 Å². The van der Waals surface area contributed by atoms with Crippen LogP contribution in [0.5, 0.6) is 0 Å². The Bertz CT molecular complexity index is 3590. The van der Waals surface area contributed by atoms with Crippen LogP contribution in [0.4, 0.5) is 0 Å². The summed E-state index contributed by atoms with van der Waals surface area (Å²) in [6.45, 7) is 0. The van der Waals surface area contributed by atoms with Crippen molar-refractivity contribution in [2.24, 2.45) is 0 Å². The maximum Gasteiger partial charge on any atom is 0.164 e. The van der Waals surface area contributed by atoms with Gasteiger partial charge >= 0.3 is 0 Å². The van der Waals surface area contributed by atoms with Crippen LogP contribution in [-0.2, 0) is 0 Å². The lowest BCUT2D eigenvalue weighted by Gasteiger charge is -2.11. The minimum absolute atomic E-state index is 0.585. The number of furan rings is 1. The predicted molar refractivity (Wildman–Crippen MR) is 254 cm³/mol. The van der Waals surface area contributed by atoms with Gasteiger partial charge < -0.3 is 8.98 Å². The average Bonchev–Trinajstić information content (AvgIpc) is 3.91. The first-order valence-electron chi connectivity index (χ1n) is 20.8. The summed E-state index contributed by atoms with van der Waals surface area (Å²) >= 11 is 0. The molecule has 0 fully saturated rings. The third-order valence-electron chi connectivity index (χ3n) is 11.9. The van der Waals surface area contributed by atoms with Gasteiger partial charge in [0.05, 0.1) is 11.0 Å². The second-order valence-corrected chi connectivity index (χ2v) is 15.6. The summed E-state index contributed by atoms with van der Waals surface area (Å²) in [5.74, 6) is 1.80. The van der Waals surface area contributed by atoms with Crippen molar-refractivity contribution in [1.29, 1.82) is 0 Å². The fourth-order valence-corrected chi connectivity index (χ4v) is 8.88. The zero-order chi connectivity index (χ0) is 41.0. The van der Waals surface area contributed by atoms with Crippen LogP contribution in [0, 0.1) is 0 Å². The molecule has 0 N–H and O–H groups in total. The Kier molecular flexibility index (Phi) is 8.42. The van der Waals surface area contributed by atoms with Gasteiger partial charge in [-0.2, -0.15) is 0 Å². The van der Waals surface area contributed by atoms with Gasteiger partial charge in [0.15, 0.2) is 23.1 Å². The predicted octanol–water partition coefficient (Wildman–Crippen LogP) is 14.9. The highest BCUT2D eigenvalue weighted by molar-refractivity contribution is 6.23. The van der Waals surface area contributed by atoms with E-state index in [1.54, 1.807) is 0 Å². The summed E-state index contributed by atoms with van der Waals surface area (Å²) in [6.07, 6.45) is 0. The van der Waals surface area contributed by atoms with E-state index in [1.807, 2.05) is 48.5 Å². The monoisotopic (exact) mass is 792 g/mol. The van der Waals surface area contributed by atoms with Crippen LogP contribution in [0.2, 0.25) is 0 Å². The second kappa shape index (κ2) is 14.7. The minimum Gasteiger partial charge on any atom is -0.454 e. The molecule has 3 heterocycles. The van der Waals surface area contributed by atoms with Crippen molar-refractivity contribution in [2.75, 3.05) is 0 Å². The molecule has 0 aliphatic rings. The van der Waals surface area contributed by atoms with Crippen LogP contribution >= 0.6 is 0 Å². The molecular formula is C57H36N4O. The van der Waals surface area contributed by atoms with E-state index in [0.717, 1.165) is 82.8 Å². The Labute approximate surface area is 357 Å². The number of rotatable bonds is 7. The Balaban J connectivity index is 1.02. The summed E-state index contributed by atoms with van der Waals surface area (Å²) < 4.78 is 9.30. The van der Waals surface area contributed by atoms with E-state index >= 15 is 0 Å². The highest BCUT2D eigenvalue weighted by Gasteiger charge is 2.22. The normalized spacial score (nSPS) is 11.5. The SMILES string of the molecule is c1ccc(-c2ccc(-c3nc(-c4ccccc4)nc(-c4cccc5oc6c(ccc7c8ccccc8n(-c8ccc(-c9cccc(-c%10ccccc%10)c9)cc8)c76)c45)n3)cc2)cc1. The van der Waals surface area contributed by atoms with Crippen molar-refractivity contribution in [1.82, 2.24) is 19.5 Å². The molecule has 5 heteroatoms. The van der Waals surface area contributed by atoms with Crippen molar-refractivity contribution in [3.05, 3.63) is 218 Å². The van der Waals surface area contributed by atoms with E-state index in [4.69, 9.17) is 19.4 Å². The van der Waals surface area contributed by atoms with Crippen LogP contribution in [0.1, 0.15) is 0 Å². The molecule has 12 aromatic rings. The molecule has 5 nitrogen and oxygen atoms in total. The second-order valence-electron chi connectivity index (χ2n) is 15.6. The van der Waals surface area contributed by atoms with E-state index < -0.39 is 0 Å². The van der Waals surface area contributed by atoms with Crippen LogP contribution in [-0.4, -0.2) is 19.5 Å². The van der Waals surface area contributed by atoms with Crippen LogP contribution in [0.3, 0.4) is 0 Å². The van der Waals surface area contributed by atoms with Crippen molar-refractivity contribution in [2.45, 2.75) is 0 Å². The fraction of sp³-hybridized carbons (Fsp3) is 0. The highest BCUT2D eigenvalue weighted by Crippen LogP contribution is 2.43. The van der Waals surface area contributed by atoms with Gasteiger partial charge in [-0.3, -0.25) is 0 Å². The quantitative estimate of drug-likeness (QED) is 0.161. The van der Waals surface area contributed by atoms with Gasteiger partial charge in [-0.05, 0) is 69.8 Å². The molecule has 12 rings (SSSR count). The third kappa shape index (κ3) is 6.06. The van der Waals surface area contributed by atoms with Crippen molar-refractivity contribution in [3.63, 3.8) is 0 Å². The number of para-hydroxylation sites is 1. The number of fused-ring (bicyclic) bond motifs is 7. The molecule has 0 atom stereocenters. The lowest BCUT2D eigenvalue weighted by molar-refractivity contribution is 0.671. The fourth-order valence-electron chi connectivity index (χ4n) is 8.88. The maximum absolute atomic E-state index is 6.96. The van der Waals surface area contributed by atoms with Gasteiger partial charge in [-0.25, -0.2) is 15.0 Å². The lowest BCUT2D eigenvalue weighted by atomic mass is 9.99. The molecule has 0 bridgehead atoms. The molecule has 0 saturated heterocycles. The largest absolute Gasteiger partial charge is 0.454 e. The van der Waals surface area contributed by atoms with E-state index in [0.29, 0.717) is 17.5 Å². The molecule has 3 aromatic heterocycles. The molecular weight excluding hydrogens is 757 g/mol. The first-order chi connectivity index (χ1) is 30.7. The first kappa shape index (κ1) is 35.5. The topological polar surface area (TPSA) is 56.7 Å². The Morgan fingerprint density at radius 2 is 0.823 bits per heavy atom. The first-order valence-corrected chi connectivity index (χ1v) is 20.8. The van der Waals surface area contributed by atoms with E-state index in [-0.39, 0.29) is 0 Å². The van der Waals surface area contributed by atoms with E-state index in [2.05, 4.69) is 174 Å².